The van der Waals surface area contributed by atoms with Crippen molar-refractivity contribution in [3.8, 4) is 0 Å². The van der Waals surface area contributed by atoms with Gasteiger partial charge >= 0.3 is 39.5 Å². The minimum absolute atomic E-state index is 0.110. The van der Waals surface area contributed by atoms with E-state index in [9.17, 15) is 43.2 Å². The molecule has 17 nitrogen and oxygen atoms in total. The molecule has 0 aromatic heterocycles. The summed E-state index contributed by atoms with van der Waals surface area (Å²) in [5.74, 6) is -2.10. The molecular formula is C85H166O17P2. The largest absolute Gasteiger partial charge is 0.472 e. The van der Waals surface area contributed by atoms with Crippen LogP contribution < -0.4 is 0 Å². The summed E-state index contributed by atoms with van der Waals surface area (Å²) in [6, 6.07) is 0. The molecule has 3 N–H and O–H groups in total. The van der Waals surface area contributed by atoms with Crippen LogP contribution in [0, 0.1) is 0 Å². The van der Waals surface area contributed by atoms with E-state index in [0.29, 0.717) is 25.7 Å². The number of carbonyl (C=O) groups is 4. The lowest BCUT2D eigenvalue weighted by molar-refractivity contribution is -0.161. The Kier molecular flexibility index (Phi) is 77.7. The second-order valence-electron chi connectivity index (χ2n) is 30.6. The molecular weight excluding hydrogens is 1350 g/mol. The molecule has 0 amide bonds. The Hall–Kier alpha value is -1.94. The molecule has 0 spiro atoms. The highest BCUT2D eigenvalue weighted by molar-refractivity contribution is 7.47. The standard InChI is InChI=1S/C85H166O17P2/c1-5-9-13-17-21-25-29-33-36-39-42-46-50-54-58-62-66-70-83(88)96-76-81(102-85(90)72-68-64-60-56-52-48-44-41-38-35-31-27-23-19-15-11-7-3)78-100-104(93,94)98-74-79(86)73-97-103(91,92)99-77-80(75-95-82(87)69-65-61-57-53-49-45-32-28-24-20-16-12-8-4)101-84(89)71-67-63-59-55-51-47-43-40-37-34-30-26-22-18-14-10-6-2/h79-81,86H,5-78H2,1-4H3,(H,91,92)(H,93,94)/t79?,80-,81-/m1/s1. The number of phosphoric ester groups is 2. The van der Waals surface area contributed by atoms with E-state index >= 15 is 0 Å². The quantitative estimate of drug-likeness (QED) is 0.0222. The number of phosphoric acid groups is 2. The second kappa shape index (κ2) is 79.2. The molecule has 5 atom stereocenters. The number of hydrogen-bond acceptors (Lipinski definition) is 15. The average molecular weight is 1520 g/mol. The van der Waals surface area contributed by atoms with Gasteiger partial charge in [0.1, 0.15) is 19.3 Å². The first-order chi connectivity index (χ1) is 50.7. The zero-order valence-electron chi connectivity index (χ0n) is 68.0. The topological polar surface area (TPSA) is 237 Å². The molecule has 0 aliphatic rings. The number of aliphatic hydroxyl groups excluding tert-OH is 1. The van der Waals surface area contributed by atoms with Crippen LogP contribution in [-0.4, -0.2) is 96.7 Å². The Balaban J connectivity index is 5.26. The highest BCUT2D eigenvalue weighted by Crippen LogP contribution is 2.45. The molecule has 0 aliphatic heterocycles. The van der Waals surface area contributed by atoms with Gasteiger partial charge in [0.05, 0.1) is 26.4 Å². The number of esters is 4. The summed E-state index contributed by atoms with van der Waals surface area (Å²) in [6.07, 6.45) is 73.4. The Morgan fingerprint density at radius 2 is 0.385 bits per heavy atom. The molecule has 0 saturated carbocycles. The van der Waals surface area contributed by atoms with Gasteiger partial charge in [-0.3, -0.25) is 37.3 Å². The van der Waals surface area contributed by atoms with Crippen molar-refractivity contribution in [2.75, 3.05) is 39.6 Å². The van der Waals surface area contributed by atoms with E-state index in [-0.39, 0.29) is 25.7 Å². The molecule has 0 aliphatic carbocycles. The maximum atomic E-state index is 13.1. The lowest BCUT2D eigenvalue weighted by Gasteiger charge is -2.21. The van der Waals surface area contributed by atoms with Crippen molar-refractivity contribution in [2.45, 2.75) is 483 Å². The minimum atomic E-state index is -4.96. The summed E-state index contributed by atoms with van der Waals surface area (Å²) >= 11 is 0. The van der Waals surface area contributed by atoms with Crippen LogP contribution in [0.3, 0.4) is 0 Å². The van der Waals surface area contributed by atoms with Crippen LogP contribution in [0.4, 0.5) is 0 Å². The zero-order chi connectivity index (χ0) is 76.0. The van der Waals surface area contributed by atoms with Gasteiger partial charge in [0.25, 0.3) is 0 Å². The van der Waals surface area contributed by atoms with Crippen molar-refractivity contribution in [2.24, 2.45) is 0 Å². The number of hydrogen-bond donors (Lipinski definition) is 3. The maximum Gasteiger partial charge on any atom is 0.472 e. The molecule has 0 aromatic rings. The number of aliphatic hydroxyl groups is 1. The number of carbonyl (C=O) groups excluding carboxylic acids is 4. The van der Waals surface area contributed by atoms with Gasteiger partial charge in [0.15, 0.2) is 12.2 Å². The molecule has 104 heavy (non-hydrogen) atoms. The van der Waals surface area contributed by atoms with Gasteiger partial charge in [0.2, 0.25) is 0 Å². The summed E-state index contributed by atoms with van der Waals surface area (Å²) in [6.45, 7) is 5.07. The fourth-order valence-electron chi connectivity index (χ4n) is 13.3. The molecule has 0 fully saturated rings. The molecule has 0 rings (SSSR count). The highest BCUT2D eigenvalue weighted by atomic mass is 31.2. The maximum absolute atomic E-state index is 13.1. The van der Waals surface area contributed by atoms with Crippen molar-refractivity contribution < 1.29 is 80.2 Å². The Labute approximate surface area is 638 Å². The average Bonchev–Trinajstić information content (AvgIpc) is 0.936. The van der Waals surface area contributed by atoms with E-state index in [0.717, 1.165) is 89.9 Å². The van der Waals surface area contributed by atoms with E-state index in [2.05, 4.69) is 27.7 Å². The lowest BCUT2D eigenvalue weighted by Crippen LogP contribution is -2.30. The zero-order valence-corrected chi connectivity index (χ0v) is 69.8. The summed E-state index contributed by atoms with van der Waals surface area (Å²) in [5.41, 5.74) is 0. The van der Waals surface area contributed by atoms with Gasteiger partial charge in [0, 0.05) is 25.7 Å². The predicted molar refractivity (Wildman–Crippen MR) is 428 cm³/mol. The number of ether oxygens (including phenoxy) is 4. The van der Waals surface area contributed by atoms with Gasteiger partial charge in [-0.25, -0.2) is 9.13 Å². The summed E-state index contributed by atoms with van der Waals surface area (Å²) in [7, 11) is -9.93. The van der Waals surface area contributed by atoms with Crippen molar-refractivity contribution in [3.63, 3.8) is 0 Å². The van der Waals surface area contributed by atoms with Crippen molar-refractivity contribution in [1.82, 2.24) is 0 Å². The van der Waals surface area contributed by atoms with Crippen LogP contribution in [-0.2, 0) is 65.4 Å². The Bertz CT molecular complexity index is 1960. The van der Waals surface area contributed by atoms with Gasteiger partial charge in [-0.15, -0.1) is 0 Å². The Morgan fingerprint density at radius 3 is 0.567 bits per heavy atom. The highest BCUT2D eigenvalue weighted by Gasteiger charge is 2.30. The third-order valence-electron chi connectivity index (χ3n) is 20.1. The molecule has 0 radical (unpaired) electrons. The molecule has 0 heterocycles. The van der Waals surface area contributed by atoms with Crippen molar-refractivity contribution in [3.05, 3.63) is 0 Å². The summed E-state index contributed by atoms with van der Waals surface area (Å²) in [5, 5.41) is 10.7. The smallest absolute Gasteiger partial charge is 0.462 e. The first kappa shape index (κ1) is 102. The van der Waals surface area contributed by atoms with E-state index < -0.39 is 97.5 Å². The third kappa shape index (κ3) is 78.2. The van der Waals surface area contributed by atoms with E-state index in [1.807, 2.05) is 0 Å². The summed E-state index contributed by atoms with van der Waals surface area (Å²) in [4.78, 5) is 73.2. The van der Waals surface area contributed by atoms with E-state index in [1.54, 1.807) is 0 Å². The first-order valence-electron chi connectivity index (χ1n) is 44.3. The Morgan fingerprint density at radius 1 is 0.231 bits per heavy atom. The van der Waals surface area contributed by atoms with Crippen LogP contribution in [0.25, 0.3) is 0 Å². The van der Waals surface area contributed by atoms with E-state index in [1.165, 1.54) is 295 Å². The number of unbranched alkanes of at least 4 members (excludes halogenated alkanes) is 60. The minimum Gasteiger partial charge on any atom is -0.462 e. The third-order valence-corrected chi connectivity index (χ3v) is 22.0. The van der Waals surface area contributed by atoms with Gasteiger partial charge in [-0.05, 0) is 25.7 Å². The first-order valence-corrected chi connectivity index (χ1v) is 47.3. The molecule has 3 unspecified atom stereocenters. The fraction of sp³-hybridized carbons (Fsp3) is 0.953. The van der Waals surface area contributed by atoms with Gasteiger partial charge < -0.3 is 33.8 Å². The van der Waals surface area contributed by atoms with Crippen LogP contribution in [0.15, 0.2) is 0 Å². The number of rotatable bonds is 86. The predicted octanol–water partition coefficient (Wildman–Crippen LogP) is 26.1. The second-order valence-corrected chi connectivity index (χ2v) is 33.5. The van der Waals surface area contributed by atoms with E-state index in [4.69, 9.17) is 37.0 Å². The molecule has 0 bridgehead atoms. The van der Waals surface area contributed by atoms with Crippen LogP contribution in [0.2, 0.25) is 0 Å². The monoisotopic (exact) mass is 1520 g/mol. The van der Waals surface area contributed by atoms with Crippen molar-refractivity contribution >= 4 is 39.5 Å². The SMILES string of the molecule is CCCCCCCCCCCCCCCCCCCC(=O)OC[C@H](COP(=O)(O)OCC(O)COP(=O)(O)OC[C@@H](COC(=O)CCCCCCCCCCCCCCC)OC(=O)CCCCCCCCCCCCCCCCCCC)OC(=O)CCCCCCCCCCCCCCCCCCC. The lowest BCUT2D eigenvalue weighted by atomic mass is 10.0. The van der Waals surface area contributed by atoms with Crippen LogP contribution in [0.1, 0.15) is 464 Å². The van der Waals surface area contributed by atoms with Crippen molar-refractivity contribution in [1.29, 1.82) is 0 Å². The fourth-order valence-corrected chi connectivity index (χ4v) is 14.9. The van der Waals surface area contributed by atoms with Gasteiger partial charge in [-0.2, -0.15) is 0 Å². The van der Waals surface area contributed by atoms with Gasteiger partial charge in [-0.1, -0.05) is 413 Å². The normalized spacial score (nSPS) is 13.7. The van der Waals surface area contributed by atoms with Crippen LogP contribution >= 0.6 is 15.6 Å². The molecule has 0 aromatic carbocycles. The van der Waals surface area contributed by atoms with Crippen LogP contribution in [0.5, 0.6) is 0 Å². The molecule has 618 valence electrons. The molecule has 0 saturated heterocycles. The summed E-state index contributed by atoms with van der Waals surface area (Å²) < 4.78 is 68.9. The molecule has 19 heteroatoms.